The molecule has 0 spiro atoms. The number of hydrogen-bond acceptors (Lipinski definition) is 3. The number of hydrogen-bond donors (Lipinski definition) is 1. The van der Waals surface area contributed by atoms with E-state index < -0.39 is 0 Å². The van der Waals surface area contributed by atoms with Gasteiger partial charge in [-0.1, -0.05) is 12.1 Å². The minimum Gasteiger partial charge on any atom is -0.497 e. The van der Waals surface area contributed by atoms with E-state index in [1.165, 1.54) is 37.9 Å². The third kappa shape index (κ3) is 3.71. The number of ether oxygens (including phenoxy) is 1. The van der Waals surface area contributed by atoms with Gasteiger partial charge in [0.05, 0.1) is 7.11 Å². The van der Waals surface area contributed by atoms with E-state index in [1.54, 1.807) is 7.11 Å². The second-order valence-corrected chi connectivity index (χ2v) is 5.51. The predicted octanol–water partition coefficient (Wildman–Crippen LogP) is 2.82. The smallest absolute Gasteiger partial charge is 0.119 e. The van der Waals surface area contributed by atoms with Crippen LogP contribution in [0.4, 0.5) is 0 Å². The van der Waals surface area contributed by atoms with Crippen molar-refractivity contribution in [3.8, 4) is 5.75 Å². The van der Waals surface area contributed by atoms with Crippen LogP contribution in [0.25, 0.3) is 0 Å². The summed E-state index contributed by atoms with van der Waals surface area (Å²) in [5.41, 5.74) is 6.99. The zero-order chi connectivity index (χ0) is 13.7. The van der Waals surface area contributed by atoms with E-state index in [4.69, 9.17) is 10.5 Å². The van der Waals surface area contributed by atoms with E-state index >= 15 is 0 Å². The lowest BCUT2D eigenvalue weighted by Gasteiger charge is -2.36. The van der Waals surface area contributed by atoms with Gasteiger partial charge in [-0.05, 0) is 69.4 Å². The number of methoxy groups -OCH3 is 1. The maximum absolute atomic E-state index is 5.65. The maximum atomic E-state index is 5.65. The van der Waals surface area contributed by atoms with Gasteiger partial charge in [-0.2, -0.15) is 0 Å². The van der Waals surface area contributed by atoms with Crippen LogP contribution in [0.2, 0.25) is 0 Å². The number of likely N-dealkylation sites (tertiary alicyclic amines) is 1. The molecule has 1 atom stereocenters. The SMILES string of the molecule is COc1cccc(C(C)N2CCC(CCN)CC2)c1. The van der Waals surface area contributed by atoms with Gasteiger partial charge >= 0.3 is 0 Å². The summed E-state index contributed by atoms with van der Waals surface area (Å²) in [5, 5.41) is 0. The summed E-state index contributed by atoms with van der Waals surface area (Å²) in [5.74, 6) is 1.78. The monoisotopic (exact) mass is 262 g/mol. The quantitative estimate of drug-likeness (QED) is 0.887. The Labute approximate surface area is 116 Å². The molecule has 1 aliphatic heterocycles. The molecule has 0 aromatic heterocycles. The predicted molar refractivity (Wildman–Crippen MR) is 79.4 cm³/mol. The van der Waals surface area contributed by atoms with Gasteiger partial charge in [-0.25, -0.2) is 0 Å². The van der Waals surface area contributed by atoms with Crippen molar-refractivity contribution in [3.05, 3.63) is 29.8 Å². The molecule has 1 saturated heterocycles. The molecule has 0 bridgehead atoms. The van der Waals surface area contributed by atoms with Crippen molar-refractivity contribution < 1.29 is 4.74 Å². The average molecular weight is 262 g/mol. The zero-order valence-electron chi connectivity index (χ0n) is 12.1. The lowest BCUT2D eigenvalue weighted by atomic mass is 9.92. The largest absolute Gasteiger partial charge is 0.497 e. The van der Waals surface area contributed by atoms with Crippen molar-refractivity contribution in [2.24, 2.45) is 11.7 Å². The molecular weight excluding hydrogens is 236 g/mol. The number of rotatable bonds is 5. The molecule has 2 N–H and O–H groups in total. The Morgan fingerprint density at radius 1 is 1.37 bits per heavy atom. The molecule has 106 valence electrons. The number of nitrogens with two attached hydrogens (primary N) is 1. The Morgan fingerprint density at radius 3 is 2.74 bits per heavy atom. The minimum atomic E-state index is 0.467. The second-order valence-electron chi connectivity index (χ2n) is 5.51. The van der Waals surface area contributed by atoms with Crippen LogP contribution < -0.4 is 10.5 Å². The normalized spacial score (nSPS) is 19.3. The van der Waals surface area contributed by atoms with Gasteiger partial charge in [0.2, 0.25) is 0 Å². The first-order valence-electron chi connectivity index (χ1n) is 7.32. The zero-order valence-corrected chi connectivity index (χ0v) is 12.1. The van der Waals surface area contributed by atoms with Crippen molar-refractivity contribution in [2.75, 3.05) is 26.7 Å². The van der Waals surface area contributed by atoms with Crippen molar-refractivity contribution >= 4 is 0 Å². The Balaban J connectivity index is 1.94. The Morgan fingerprint density at radius 2 is 2.11 bits per heavy atom. The van der Waals surface area contributed by atoms with Gasteiger partial charge in [-0.3, -0.25) is 4.90 Å². The lowest BCUT2D eigenvalue weighted by Crippen LogP contribution is -2.36. The third-order valence-corrected chi connectivity index (χ3v) is 4.35. The number of benzene rings is 1. The van der Waals surface area contributed by atoms with Crippen molar-refractivity contribution in [1.29, 1.82) is 0 Å². The van der Waals surface area contributed by atoms with Crippen LogP contribution in [0.1, 0.15) is 37.8 Å². The molecule has 0 radical (unpaired) electrons. The second kappa shape index (κ2) is 6.92. The van der Waals surface area contributed by atoms with E-state index in [2.05, 4.69) is 30.0 Å². The average Bonchev–Trinajstić information content (AvgIpc) is 2.48. The summed E-state index contributed by atoms with van der Waals surface area (Å²) in [6.07, 6.45) is 3.75. The maximum Gasteiger partial charge on any atom is 0.119 e. The molecule has 1 aromatic carbocycles. The van der Waals surface area contributed by atoms with E-state index in [0.717, 1.165) is 18.2 Å². The molecule has 0 amide bonds. The van der Waals surface area contributed by atoms with Crippen LogP contribution in [0.15, 0.2) is 24.3 Å². The van der Waals surface area contributed by atoms with Gasteiger partial charge in [0.25, 0.3) is 0 Å². The molecule has 1 aromatic rings. The summed E-state index contributed by atoms with van der Waals surface area (Å²) in [7, 11) is 1.72. The van der Waals surface area contributed by atoms with E-state index in [1.807, 2.05) is 6.07 Å². The summed E-state index contributed by atoms with van der Waals surface area (Å²) < 4.78 is 5.31. The van der Waals surface area contributed by atoms with Crippen molar-refractivity contribution in [2.45, 2.75) is 32.2 Å². The molecule has 19 heavy (non-hydrogen) atoms. The first-order valence-corrected chi connectivity index (χ1v) is 7.32. The molecule has 3 nitrogen and oxygen atoms in total. The fourth-order valence-electron chi connectivity index (χ4n) is 2.98. The Kier molecular flexibility index (Phi) is 5.23. The lowest BCUT2D eigenvalue weighted by molar-refractivity contribution is 0.138. The van der Waals surface area contributed by atoms with Crippen LogP contribution in [0.3, 0.4) is 0 Å². The first-order chi connectivity index (χ1) is 9.24. The van der Waals surface area contributed by atoms with Gasteiger partial charge in [-0.15, -0.1) is 0 Å². The standard InChI is InChI=1S/C16H26N2O/c1-13(15-4-3-5-16(12-15)19-2)18-10-7-14(6-9-17)8-11-18/h3-5,12-14H,6-11,17H2,1-2H3. The summed E-state index contributed by atoms with van der Waals surface area (Å²) >= 11 is 0. The van der Waals surface area contributed by atoms with Gasteiger partial charge in [0.15, 0.2) is 0 Å². The first kappa shape index (κ1) is 14.4. The fourth-order valence-corrected chi connectivity index (χ4v) is 2.98. The number of piperidine rings is 1. The molecule has 3 heteroatoms. The topological polar surface area (TPSA) is 38.5 Å². The summed E-state index contributed by atoms with van der Waals surface area (Å²) in [6, 6.07) is 8.89. The van der Waals surface area contributed by atoms with Crippen LogP contribution in [-0.4, -0.2) is 31.6 Å². The highest BCUT2D eigenvalue weighted by molar-refractivity contribution is 5.30. The highest BCUT2D eigenvalue weighted by Crippen LogP contribution is 2.29. The van der Waals surface area contributed by atoms with Crippen LogP contribution >= 0.6 is 0 Å². The molecular formula is C16H26N2O. The van der Waals surface area contributed by atoms with E-state index in [9.17, 15) is 0 Å². The van der Waals surface area contributed by atoms with Gasteiger partial charge in [0.1, 0.15) is 5.75 Å². The molecule has 2 rings (SSSR count). The Hall–Kier alpha value is -1.06. The van der Waals surface area contributed by atoms with E-state index in [-0.39, 0.29) is 0 Å². The van der Waals surface area contributed by atoms with Crippen molar-refractivity contribution in [1.82, 2.24) is 4.90 Å². The molecule has 0 saturated carbocycles. The van der Waals surface area contributed by atoms with Gasteiger partial charge in [0, 0.05) is 6.04 Å². The molecule has 1 fully saturated rings. The molecule has 0 aliphatic carbocycles. The summed E-state index contributed by atoms with van der Waals surface area (Å²) in [6.45, 7) is 5.49. The van der Waals surface area contributed by atoms with Crippen LogP contribution in [0.5, 0.6) is 5.75 Å². The van der Waals surface area contributed by atoms with E-state index in [0.29, 0.717) is 6.04 Å². The molecule has 1 aliphatic rings. The molecule has 1 unspecified atom stereocenters. The third-order valence-electron chi connectivity index (χ3n) is 4.35. The molecule has 1 heterocycles. The highest BCUT2D eigenvalue weighted by Gasteiger charge is 2.23. The number of nitrogens with zero attached hydrogens (tertiary/aromatic N) is 1. The van der Waals surface area contributed by atoms with Crippen LogP contribution in [-0.2, 0) is 0 Å². The fraction of sp³-hybridized carbons (Fsp3) is 0.625. The highest BCUT2D eigenvalue weighted by atomic mass is 16.5. The van der Waals surface area contributed by atoms with Gasteiger partial charge < -0.3 is 10.5 Å². The summed E-state index contributed by atoms with van der Waals surface area (Å²) in [4.78, 5) is 2.57. The minimum absolute atomic E-state index is 0.467. The van der Waals surface area contributed by atoms with Crippen molar-refractivity contribution in [3.63, 3.8) is 0 Å². The Bertz CT molecular complexity index is 386. The van der Waals surface area contributed by atoms with Crippen LogP contribution in [0, 0.1) is 5.92 Å².